The summed E-state index contributed by atoms with van der Waals surface area (Å²) >= 11 is 0. The number of aryl methyl sites for hydroxylation is 2. The molecule has 2 unspecified atom stereocenters. The first-order valence-corrected chi connectivity index (χ1v) is 7.19. The topological polar surface area (TPSA) is 58.6 Å². The predicted molar refractivity (Wildman–Crippen MR) is 78.0 cm³/mol. The third-order valence-corrected chi connectivity index (χ3v) is 3.83. The molecule has 0 saturated carbocycles. The quantitative estimate of drug-likeness (QED) is 0.864. The van der Waals surface area contributed by atoms with Gasteiger partial charge in [-0.1, -0.05) is 6.07 Å². The highest BCUT2D eigenvalue weighted by Crippen LogP contribution is 2.31. The smallest absolute Gasteiger partial charge is 0.261 e. The lowest BCUT2D eigenvalue weighted by atomic mass is 10.0. The van der Waals surface area contributed by atoms with Crippen molar-refractivity contribution in [2.24, 2.45) is 0 Å². The molecule has 1 aromatic carbocycles. The standard InChI is InChI=1S/C16H23NO3/c1-10-7-13-9-15(20-14(13)8-11(10)2)16(19)17-12(3)5-4-6-18/h7-8,12,15,18H,4-6,9H2,1-3H3,(H,17,19). The third kappa shape index (κ3) is 3.31. The summed E-state index contributed by atoms with van der Waals surface area (Å²) in [6.45, 7) is 6.22. The van der Waals surface area contributed by atoms with Gasteiger partial charge in [0.05, 0.1) is 0 Å². The number of ether oxygens (including phenoxy) is 1. The van der Waals surface area contributed by atoms with Gasteiger partial charge in [-0.2, -0.15) is 0 Å². The first-order valence-electron chi connectivity index (χ1n) is 7.19. The van der Waals surface area contributed by atoms with Crippen LogP contribution in [0.25, 0.3) is 0 Å². The van der Waals surface area contributed by atoms with E-state index in [0.717, 1.165) is 17.7 Å². The lowest BCUT2D eigenvalue weighted by molar-refractivity contribution is -0.127. The molecule has 1 heterocycles. The number of hydrogen-bond acceptors (Lipinski definition) is 3. The summed E-state index contributed by atoms with van der Waals surface area (Å²) in [7, 11) is 0. The molecule has 1 aliphatic heterocycles. The zero-order chi connectivity index (χ0) is 14.7. The van der Waals surface area contributed by atoms with Crippen LogP contribution >= 0.6 is 0 Å². The van der Waals surface area contributed by atoms with Gasteiger partial charge in [0.1, 0.15) is 5.75 Å². The van der Waals surface area contributed by atoms with Gasteiger partial charge in [0, 0.05) is 19.1 Å². The van der Waals surface area contributed by atoms with Crippen molar-refractivity contribution in [2.75, 3.05) is 6.61 Å². The summed E-state index contributed by atoms with van der Waals surface area (Å²) in [6.07, 6.45) is 1.68. The molecule has 1 amide bonds. The number of carbonyl (C=O) groups is 1. The van der Waals surface area contributed by atoms with Crippen LogP contribution < -0.4 is 10.1 Å². The fourth-order valence-electron chi connectivity index (χ4n) is 2.47. The van der Waals surface area contributed by atoms with Crippen molar-refractivity contribution >= 4 is 5.91 Å². The van der Waals surface area contributed by atoms with Crippen LogP contribution in [0.4, 0.5) is 0 Å². The maximum absolute atomic E-state index is 12.2. The summed E-state index contributed by atoms with van der Waals surface area (Å²) in [5.41, 5.74) is 3.52. The Bertz CT molecular complexity index is 468. The van der Waals surface area contributed by atoms with E-state index in [1.54, 1.807) is 0 Å². The highest BCUT2D eigenvalue weighted by Gasteiger charge is 2.30. The Kier molecular flexibility index (Phi) is 4.65. The summed E-state index contributed by atoms with van der Waals surface area (Å²) < 4.78 is 5.75. The second kappa shape index (κ2) is 6.27. The van der Waals surface area contributed by atoms with Crippen LogP contribution in [0.2, 0.25) is 0 Å². The number of hydrogen-bond donors (Lipinski definition) is 2. The van der Waals surface area contributed by atoms with E-state index >= 15 is 0 Å². The number of amides is 1. The van der Waals surface area contributed by atoms with Crippen LogP contribution in [0.1, 0.15) is 36.5 Å². The molecule has 0 saturated heterocycles. The van der Waals surface area contributed by atoms with Gasteiger partial charge in [0.15, 0.2) is 6.10 Å². The molecule has 110 valence electrons. The summed E-state index contributed by atoms with van der Waals surface area (Å²) in [5, 5.41) is 11.7. The summed E-state index contributed by atoms with van der Waals surface area (Å²) in [4.78, 5) is 12.2. The molecule has 0 spiro atoms. The van der Waals surface area contributed by atoms with Crippen molar-refractivity contribution in [3.63, 3.8) is 0 Å². The van der Waals surface area contributed by atoms with Crippen molar-refractivity contribution in [3.8, 4) is 5.75 Å². The number of rotatable bonds is 5. The molecule has 1 aromatic rings. The van der Waals surface area contributed by atoms with Crippen molar-refractivity contribution in [2.45, 2.75) is 52.2 Å². The number of aliphatic hydroxyl groups excluding tert-OH is 1. The molecule has 0 bridgehead atoms. The largest absolute Gasteiger partial charge is 0.480 e. The van der Waals surface area contributed by atoms with E-state index in [0.29, 0.717) is 12.8 Å². The van der Waals surface area contributed by atoms with Crippen molar-refractivity contribution in [1.29, 1.82) is 0 Å². The average molecular weight is 277 g/mol. The number of benzene rings is 1. The predicted octanol–water partition coefficient (Wildman–Crippen LogP) is 1.88. The van der Waals surface area contributed by atoms with Gasteiger partial charge in [0.25, 0.3) is 5.91 Å². The lowest BCUT2D eigenvalue weighted by Gasteiger charge is -2.16. The van der Waals surface area contributed by atoms with Crippen LogP contribution in [-0.4, -0.2) is 29.8 Å². The number of fused-ring (bicyclic) bond motifs is 1. The van der Waals surface area contributed by atoms with Gasteiger partial charge in [-0.25, -0.2) is 0 Å². The molecule has 0 aliphatic carbocycles. The van der Waals surface area contributed by atoms with Gasteiger partial charge >= 0.3 is 0 Å². The van der Waals surface area contributed by atoms with E-state index in [1.807, 2.05) is 19.9 Å². The Morgan fingerprint density at radius 3 is 2.85 bits per heavy atom. The van der Waals surface area contributed by atoms with E-state index in [4.69, 9.17) is 9.84 Å². The average Bonchev–Trinajstić information content (AvgIpc) is 2.80. The molecule has 2 N–H and O–H groups in total. The lowest BCUT2D eigenvalue weighted by Crippen LogP contribution is -2.42. The van der Waals surface area contributed by atoms with Gasteiger partial charge in [-0.15, -0.1) is 0 Å². The molecule has 4 nitrogen and oxygen atoms in total. The van der Waals surface area contributed by atoms with Gasteiger partial charge in [-0.05, 0) is 56.4 Å². The molecule has 0 radical (unpaired) electrons. The molecule has 0 fully saturated rings. The molecule has 2 atom stereocenters. The second-order valence-corrected chi connectivity index (χ2v) is 5.63. The number of aliphatic hydroxyl groups is 1. The molecule has 4 heteroatoms. The van der Waals surface area contributed by atoms with E-state index in [-0.39, 0.29) is 18.6 Å². The monoisotopic (exact) mass is 277 g/mol. The van der Waals surface area contributed by atoms with E-state index in [2.05, 4.69) is 18.3 Å². The Labute approximate surface area is 120 Å². The van der Waals surface area contributed by atoms with Crippen LogP contribution in [0.15, 0.2) is 12.1 Å². The second-order valence-electron chi connectivity index (χ2n) is 5.63. The first kappa shape index (κ1) is 14.9. The van der Waals surface area contributed by atoms with Crippen LogP contribution in [0.3, 0.4) is 0 Å². The Hall–Kier alpha value is -1.55. The van der Waals surface area contributed by atoms with Crippen molar-refractivity contribution in [1.82, 2.24) is 5.32 Å². The molecular weight excluding hydrogens is 254 g/mol. The zero-order valence-electron chi connectivity index (χ0n) is 12.4. The van der Waals surface area contributed by atoms with Crippen molar-refractivity contribution < 1.29 is 14.6 Å². The van der Waals surface area contributed by atoms with Crippen LogP contribution in [0, 0.1) is 13.8 Å². The molecule has 0 aromatic heterocycles. The van der Waals surface area contributed by atoms with Gasteiger partial charge in [0.2, 0.25) is 0 Å². The minimum absolute atomic E-state index is 0.0606. The van der Waals surface area contributed by atoms with Crippen molar-refractivity contribution in [3.05, 3.63) is 28.8 Å². The maximum atomic E-state index is 12.2. The highest BCUT2D eigenvalue weighted by atomic mass is 16.5. The van der Waals surface area contributed by atoms with E-state index in [9.17, 15) is 4.79 Å². The molecule has 20 heavy (non-hydrogen) atoms. The SMILES string of the molecule is Cc1cc2c(cc1C)OC(C(=O)NC(C)CCCO)C2. The first-order chi connectivity index (χ1) is 9.51. The highest BCUT2D eigenvalue weighted by molar-refractivity contribution is 5.82. The third-order valence-electron chi connectivity index (χ3n) is 3.83. The fourth-order valence-corrected chi connectivity index (χ4v) is 2.47. The molecule has 2 rings (SSSR count). The van der Waals surface area contributed by atoms with E-state index < -0.39 is 6.10 Å². The summed E-state index contributed by atoms with van der Waals surface area (Å²) in [6, 6.07) is 4.17. The Balaban J connectivity index is 1.95. The zero-order valence-corrected chi connectivity index (χ0v) is 12.4. The normalized spacial score (nSPS) is 18.3. The van der Waals surface area contributed by atoms with Crippen LogP contribution in [0.5, 0.6) is 5.75 Å². The van der Waals surface area contributed by atoms with Gasteiger partial charge < -0.3 is 15.2 Å². The number of carbonyl (C=O) groups excluding carboxylic acids is 1. The van der Waals surface area contributed by atoms with E-state index in [1.165, 1.54) is 11.1 Å². The van der Waals surface area contributed by atoms with Gasteiger partial charge in [-0.3, -0.25) is 4.79 Å². The minimum Gasteiger partial charge on any atom is -0.480 e. The maximum Gasteiger partial charge on any atom is 0.261 e. The van der Waals surface area contributed by atoms with Crippen LogP contribution in [-0.2, 0) is 11.2 Å². The number of nitrogens with one attached hydrogen (secondary N) is 1. The Morgan fingerprint density at radius 2 is 2.15 bits per heavy atom. The summed E-state index contributed by atoms with van der Waals surface area (Å²) in [5.74, 6) is 0.762. The Morgan fingerprint density at radius 1 is 1.45 bits per heavy atom. The minimum atomic E-state index is -0.428. The molecule has 1 aliphatic rings. The molecular formula is C16H23NO3. The fraction of sp³-hybridized carbons (Fsp3) is 0.562.